The molecule has 0 heterocycles. The van der Waals surface area contributed by atoms with Gasteiger partial charge >= 0.3 is 0 Å². The van der Waals surface area contributed by atoms with Crippen molar-refractivity contribution in [3.05, 3.63) is 0 Å². The van der Waals surface area contributed by atoms with Crippen LogP contribution in [0.2, 0.25) is 0 Å². The van der Waals surface area contributed by atoms with Crippen LogP contribution in [0.15, 0.2) is 0 Å². The molecule has 16 heavy (non-hydrogen) atoms. The highest BCUT2D eigenvalue weighted by Gasteiger charge is 2.07. The Morgan fingerprint density at radius 3 is 2.50 bits per heavy atom. The van der Waals surface area contributed by atoms with Crippen LogP contribution in [-0.2, 0) is 4.74 Å². The summed E-state index contributed by atoms with van der Waals surface area (Å²) < 4.78 is 5.23. The lowest BCUT2D eigenvalue weighted by atomic mass is 10.3. The summed E-state index contributed by atoms with van der Waals surface area (Å²) in [5, 5.41) is 13.0. The van der Waals surface area contributed by atoms with Crippen molar-refractivity contribution in [3.63, 3.8) is 0 Å². The summed E-state index contributed by atoms with van der Waals surface area (Å²) in [4.78, 5) is 2.23. The molecule has 0 aliphatic rings. The van der Waals surface area contributed by atoms with Gasteiger partial charge in [0.1, 0.15) is 0 Å². The molecule has 98 valence electrons. The van der Waals surface area contributed by atoms with E-state index in [0.717, 1.165) is 45.8 Å². The highest BCUT2D eigenvalue weighted by atomic mass is 16.5. The number of ether oxygens (including phenoxy) is 1. The molecule has 0 saturated heterocycles. The highest BCUT2D eigenvalue weighted by Crippen LogP contribution is 1.91. The minimum absolute atomic E-state index is 0.271. The van der Waals surface area contributed by atoms with E-state index in [0.29, 0.717) is 6.54 Å². The zero-order valence-corrected chi connectivity index (χ0v) is 11.0. The SMILES string of the molecule is CCOCCCNCC(O)CN(CC)CC. The van der Waals surface area contributed by atoms with Crippen LogP contribution >= 0.6 is 0 Å². The van der Waals surface area contributed by atoms with E-state index in [1.807, 2.05) is 6.92 Å². The first kappa shape index (κ1) is 15.8. The van der Waals surface area contributed by atoms with E-state index in [2.05, 4.69) is 24.1 Å². The Hall–Kier alpha value is -0.160. The largest absolute Gasteiger partial charge is 0.390 e. The second-order valence-electron chi connectivity index (χ2n) is 3.89. The molecule has 0 aromatic rings. The third-order valence-electron chi connectivity index (χ3n) is 2.59. The van der Waals surface area contributed by atoms with Crippen LogP contribution in [0.25, 0.3) is 0 Å². The number of aliphatic hydroxyl groups is 1. The monoisotopic (exact) mass is 232 g/mol. The van der Waals surface area contributed by atoms with E-state index in [4.69, 9.17) is 4.74 Å². The number of hydrogen-bond donors (Lipinski definition) is 2. The summed E-state index contributed by atoms with van der Waals surface area (Å²) in [5.74, 6) is 0. The topological polar surface area (TPSA) is 44.7 Å². The summed E-state index contributed by atoms with van der Waals surface area (Å²) >= 11 is 0. The minimum Gasteiger partial charge on any atom is -0.390 e. The molecule has 0 radical (unpaired) electrons. The van der Waals surface area contributed by atoms with Crippen molar-refractivity contribution in [2.45, 2.75) is 33.3 Å². The molecule has 0 aliphatic carbocycles. The number of rotatable bonds is 11. The van der Waals surface area contributed by atoms with Crippen molar-refractivity contribution < 1.29 is 9.84 Å². The average molecular weight is 232 g/mol. The van der Waals surface area contributed by atoms with Crippen molar-refractivity contribution in [2.24, 2.45) is 0 Å². The predicted octanol–water partition coefficient (Wildman–Crippen LogP) is 0.705. The van der Waals surface area contributed by atoms with Gasteiger partial charge in [0.25, 0.3) is 0 Å². The van der Waals surface area contributed by atoms with E-state index in [1.54, 1.807) is 0 Å². The van der Waals surface area contributed by atoms with Gasteiger partial charge in [0.15, 0.2) is 0 Å². The van der Waals surface area contributed by atoms with Crippen molar-refractivity contribution in [1.29, 1.82) is 0 Å². The molecule has 1 unspecified atom stereocenters. The van der Waals surface area contributed by atoms with Crippen LogP contribution in [0, 0.1) is 0 Å². The van der Waals surface area contributed by atoms with Gasteiger partial charge in [-0.2, -0.15) is 0 Å². The third kappa shape index (κ3) is 9.09. The Bertz CT molecular complexity index is 141. The van der Waals surface area contributed by atoms with Gasteiger partial charge in [-0.05, 0) is 33.0 Å². The maximum atomic E-state index is 9.75. The molecular weight excluding hydrogens is 204 g/mol. The number of aliphatic hydroxyl groups excluding tert-OH is 1. The van der Waals surface area contributed by atoms with Crippen LogP contribution in [0.4, 0.5) is 0 Å². The van der Waals surface area contributed by atoms with Crippen molar-refractivity contribution in [2.75, 3.05) is 45.9 Å². The fourth-order valence-electron chi connectivity index (χ4n) is 1.56. The number of nitrogens with zero attached hydrogens (tertiary/aromatic N) is 1. The lowest BCUT2D eigenvalue weighted by Crippen LogP contribution is -2.38. The summed E-state index contributed by atoms with van der Waals surface area (Å²) in [5.41, 5.74) is 0. The number of hydrogen-bond acceptors (Lipinski definition) is 4. The van der Waals surface area contributed by atoms with Crippen molar-refractivity contribution in [3.8, 4) is 0 Å². The summed E-state index contributed by atoms with van der Waals surface area (Å²) in [6.45, 7) is 12.2. The maximum Gasteiger partial charge on any atom is 0.0791 e. The fraction of sp³-hybridized carbons (Fsp3) is 1.00. The fourth-order valence-corrected chi connectivity index (χ4v) is 1.56. The molecule has 1 atom stereocenters. The van der Waals surface area contributed by atoms with Gasteiger partial charge in [-0.3, -0.25) is 0 Å². The molecule has 0 aliphatic heterocycles. The number of likely N-dealkylation sites (N-methyl/N-ethyl adjacent to an activating group) is 1. The Labute approximate surface area is 100.0 Å². The van der Waals surface area contributed by atoms with Crippen LogP contribution in [0.3, 0.4) is 0 Å². The van der Waals surface area contributed by atoms with Crippen molar-refractivity contribution in [1.82, 2.24) is 10.2 Å². The molecule has 0 rings (SSSR count). The second-order valence-corrected chi connectivity index (χ2v) is 3.89. The second kappa shape index (κ2) is 11.3. The van der Waals surface area contributed by atoms with Gasteiger partial charge in [-0.1, -0.05) is 13.8 Å². The Balaban J connectivity index is 3.32. The zero-order valence-electron chi connectivity index (χ0n) is 11.0. The molecular formula is C12H28N2O2. The Morgan fingerprint density at radius 2 is 1.94 bits per heavy atom. The lowest BCUT2D eigenvalue weighted by Gasteiger charge is -2.22. The van der Waals surface area contributed by atoms with Gasteiger partial charge in [0.2, 0.25) is 0 Å². The first-order valence-corrected chi connectivity index (χ1v) is 6.43. The Morgan fingerprint density at radius 1 is 1.25 bits per heavy atom. The first-order chi connectivity index (χ1) is 7.74. The molecule has 0 fully saturated rings. The summed E-state index contributed by atoms with van der Waals surface area (Å²) in [7, 11) is 0. The third-order valence-corrected chi connectivity index (χ3v) is 2.59. The smallest absolute Gasteiger partial charge is 0.0791 e. The molecule has 0 amide bonds. The van der Waals surface area contributed by atoms with E-state index < -0.39 is 0 Å². The predicted molar refractivity (Wildman–Crippen MR) is 67.8 cm³/mol. The molecule has 0 aromatic carbocycles. The lowest BCUT2D eigenvalue weighted by molar-refractivity contribution is 0.114. The van der Waals surface area contributed by atoms with Gasteiger partial charge in [0, 0.05) is 26.3 Å². The molecule has 4 heteroatoms. The molecule has 0 spiro atoms. The Kier molecular flexibility index (Phi) is 11.2. The van der Waals surface area contributed by atoms with E-state index in [-0.39, 0.29) is 6.10 Å². The van der Waals surface area contributed by atoms with Gasteiger partial charge < -0.3 is 20.1 Å². The van der Waals surface area contributed by atoms with Crippen LogP contribution in [-0.4, -0.2) is 62.0 Å². The minimum atomic E-state index is -0.271. The van der Waals surface area contributed by atoms with Crippen molar-refractivity contribution >= 4 is 0 Å². The van der Waals surface area contributed by atoms with Crippen LogP contribution in [0.5, 0.6) is 0 Å². The highest BCUT2D eigenvalue weighted by molar-refractivity contribution is 4.65. The van der Waals surface area contributed by atoms with Crippen LogP contribution < -0.4 is 5.32 Å². The molecule has 0 aromatic heterocycles. The summed E-state index contributed by atoms with van der Waals surface area (Å²) in [6.07, 6.45) is 0.734. The van der Waals surface area contributed by atoms with E-state index >= 15 is 0 Å². The van der Waals surface area contributed by atoms with Gasteiger partial charge in [0.05, 0.1) is 6.10 Å². The zero-order chi connectivity index (χ0) is 12.2. The summed E-state index contributed by atoms with van der Waals surface area (Å²) in [6, 6.07) is 0. The first-order valence-electron chi connectivity index (χ1n) is 6.43. The molecule has 2 N–H and O–H groups in total. The standard InChI is InChI=1S/C12H28N2O2/c1-4-14(5-2)11-12(15)10-13-8-7-9-16-6-3/h12-13,15H,4-11H2,1-3H3. The van der Waals surface area contributed by atoms with E-state index in [9.17, 15) is 5.11 Å². The van der Waals surface area contributed by atoms with Gasteiger partial charge in [-0.25, -0.2) is 0 Å². The molecule has 4 nitrogen and oxygen atoms in total. The average Bonchev–Trinajstić information content (AvgIpc) is 2.30. The quantitative estimate of drug-likeness (QED) is 0.515. The molecule has 0 saturated carbocycles. The van der Waals surface area contributed by atoms with E-state index in [1.165, 1.54) is 0 Å². The normalized spacial score (nSPS) is 13.3. The van der Waals surface area contributed by atoms with Gasteiger partial charge in [-0.15, -0.1) is 0 Å². The number of nitrogens with one attached hydrogen (secondary N) is 1. The van der Waals surface area contributed by atoms with Crippen LogP contribution in [0.1, 0.15) is 27.2 Å². The maximum absolute atomic E-state index is 9.75. The molecule has 0 bridgehead atoms.